The number of nitrogens with zero attached hydrogens (tertiary/aromatic N) is 1. The molecule has 0 radical (unpaired) electrons. The fourth-order valence-electron chi connectivity index (χ4n) is 1.92. The van der Waals surface area contributed by atoms with Gasteiger partial charge in [0.1, 0.15) is 0 Å². The number of aliphatic hydroxyl groups is 1. The minimum absolute atomic E-state index is 0.00718. The summed E-state index contributed by atoms with van der Waals surface area (Å²) in [6.45, 7) is 4.45. The van der Waals surface area contributed by atoms with Crippen LogP contribution in [-0.4, -0.2) is 44.4 Å². The van der Waals surface area contributed by atoms with Crippen LogP contribution in [0.5, 0.6) is 0 Å². The summed E-state index contributed by atoms with van der Waals surface area (Å²) in [7, 11) is 3.98. The molecule has 112 valence electrons. The van der Waals surface area contributed by atoms with E-state index in [0.717, 1.165) is 11.4 Å². The Hall–Kier alpha value is -1.75. The van der Waals surface area contributed by atoms with Crippen LogP contribution in [0.2, 0.25) is 0 Å². The number of carbonyl (C=O) groups excluding carboxylic acids is 1. The Bertz CT molecular complexity index is 447. The molecular formula is C15H24N2O3. The number of hydrogen-bond acceptors (Lipinski definition) is 5. The van der Waals surface area contributed by atoms with Crippen molar-refractivity contribution >= 4 is 17.3 Å². The van der Waals surface area contributed by atoms with E-state index in [9.17, 15) is 9.90 Å². The summed E-state index contributed by atoms with van der Waals surface area (Å²) in [6.07, 6.45) is -0.745. The summed E-state index contributed by atoms with van der Waals surface area (Å²) >= 11 is 0. The lowest BCUT2D eigenvalue weighted by molar-refractivity contribution is -0.145. The first-order valence-corrected chi connectivity index (χ1v) is 6.79. The molecule has 0 saturated heterocycles. The number of carbonyl (C=O) groups is 1. The summed E-state index contributed by atoms with van der Waals surface area (Å²) in [4.78, 5) is 13.3. The van der Waals surface area contributed by atoms with Crippen LogP contribution in [0, 0.1) is 6.92 Å². The van der Waals surface area contributed by atoms with Crippen LogP contribution in [0.1, 0.15) is 18.9 Å². The summed E-state index contributed by atoms with van der Waals surface area (Å²) in [5.41, 5.74) is 3.23. The monoisotopic (exact) mass is 280 g/mol. The Morgan fingerprint density at radius 1 is 1.45 bits per heavy atom. The van der Waals surface area contributed by atoms with E-state index in [1.807, 2.05) is 37.2 Å². The van der Waals surface area contributed by atoms with Gasteiger partial charge in [-0.1, -0.05) is 6.07 Å². The highest BCUT2D eigenvalue weighted by Crippen LogP contribution is 2.22. The van der Waals surface area contributed by atoms with E-state index >= 15 is 0 Å². The lowest BCUT2D eigenvalue weighted by Gasteiger charge is -2.18. The first-order valence-electron chi connectivity index (χ1n) is 6.79. The van der Waals surface area contributed by atoms with Crippen molar-refractivity contribution in [2.45, 2.75) is 26.4 Å². The zero-order valence-corrected chi connectivity index (χ0v) is 12.6. The second-order valence-electron chi connectivity index (χ2n) is 4.94. The van der Waals surface area contributed by atoms with Crippen LogP contribution in [-0.2, 0) is 9.53 Å². The zero-order chi connectivity index (χ0) is 15.1. The number of ether oxygens (including phenoxy) is 1. The van der Waals surface area contributed by atoms with Crippen LogP contribution in [0.4, 0.5) is 11.4 Å². The van der Waals surface area contributed by atoms with Crippen molar-refractivity contribution in [2.75, 3.05) is 37.5 Å². The predicted molar refractivity (Wildman–Crippen MR) is 81.3 cm³/mol. The fourth-order valence-corrected chi connectivity index (χ4v) is 1.92. The summed E-state index contributed by atoms with van der Waals surface area (Å²) in [6, 6.07) is 6.00. The SMILES string of the molecule is CCOC(=O)CC(O)CNc1ccc(C)c(N(C)C)c1. The lowest BCUT2D eigenvalue weighted by atomic mass is 10.1. The quantitative estimate of drug-likeness (QED) is 0.746. The molecule has 20 heavy (non-hydrogen) atoms. The highest BCUT2D eigenvalue weighted by Gasteiger charge is 2.11. The van der Waals surface area contributed by atoms with E-state index in [4.69, 9.17) is 4.74 Å². The van der Waals surface area contributed by atoms with Crippen LogP contribution in [0.25, 0.3) is 0 Å². The molecule has 0 fully saturated rings. The molecule has 5 nitrogen and oxygen atoms in total. The molecule has 0 bridgehead atoms. The Morgan fingerprint density at radius 3 is 2.75 bits per heavy atom. The first-order chi connectivity index (χ1) is 9.43. The molecule has 5 heteroatoms. The highest BCUT2D eigenvalue weighted by molar-refractivity contribution is 5.70. The fraction of sp³-hybridized carbons (Fsp3) is 0.533. The largest absolute Gasteiger partial charge is 0.466 e. The van der Waals surface area contributed by atoms with E-state index in [-0.39, 0.29) is 12.4 Å². The Balaban J connectivity index is 2.53. The maximum Gasteiger partial charge on any atom is 0.308 e. The van der Waals surface area contributed by atoms with Gasteiger partial charge in [0.05, 0.1) is 19.1 Å². The van der Waals surface area contributed by atoms with Gasteiger partial charge in [0.2, 0.25) is 0 Å². The van der Waals surface area contributed by atoms with Gasteiger partial charge in [-0.25, -0.2) is 0 Å². The van der Waals surface area contributed by atoms with Crippen LogP contribution in [0.3, 0.4) is 0 Å². The molecule has 0 saturated carbocycles. The molecule has 1 rings (SSSR count). The van der Waals surface area contributed by atoms with Gasteiger partial charge in [0.15, 0.2) is 0 Å². The summed E-state index contributed by atoms with van der Waals surface area (Å²) in [5, 5.41) is 12.9. The summed E-state index contributed by atoms with van der Waals surface area (Å²) in [5.74, 6) is -0.375. The average molecular weight is 280 g/mol. The van der Waals surface area contributed by atoms with Gasteiger partial charge in [0.25, 0.3) is 0 Å². The number of aryl methyl sites for hydroxylation is 1. The maximum atomic E-state index is 11.2. The standard InChI is InChI=1S/C15H24N2O3/c1-5-20-15(19)9-13(18)10-16-12-7-6-11(2)14(8-12)17(3)4/h6-8,13,16,18H,5,9-10H2,1-4H3. The maximum absolute atomic E-state index is 11.2. The highest BCUT2D eigenvalue weighted by atomic mass is 16.5. The number of anilines is 2. The van der Waals surface area contributed by atoms with E-state index in [2.05, 4.69) is 12.2 Å². The molecule has 1 aromatic carbocycles. The van der Waals surface area contributed by atoms with Crippen molar-refractivity contribution in [3.8, 4) is 0 Å². The molecular weight excluding hydrogens is 256 g/mol. The number of aliphatic hydroxyl groups excluding tert-OH is 1. The van der Waals surface area contributed by atoms with Gasteiger partial charge in [-0.2, -0.15) is 0 Å². The molecule has 0 aliphatic rings. The third-order valence-electron chi connectivity index (χ3n) is 2.94. The number of rotatable bonds is 7. The molecule has 1 atom stereocenters. The van der Waals surface area contributed by atoms with E-state index in [1.54, 1.807) is 6.92 Å². The van der Waals surface area contributed by atoms with Gasteiger partial charge in [0, 0.05) is 32.0 Å². The smallest absolute Gasteiger partial charge is 0.308 e. The number of benzene rings is 1. The van der Waals surface area contributed by atoms with Crippen molar-refractivity contribution in [2.24, 2.45) is 0 Å². The number of hydrogen-bond donors (Lipinski definition) is 2. The van der Waals surface area contributed by atoms with Gasteiger partial charge < -0.3 is 20.1 Å². The van der Waals surface area contributed by atoms with Gasteiger partial charge >= 0.3 is 5.97 Å². The third kappa shape index (κ3) is 5.09. The molecule has 2 N–H and O–H groups in total. The third-order valence-corrected chi connectivity index (χ3v) is 2.94. The Labute approximate surface area is 120 Å². The first kappa shape index (κ1) is 16.3. The van der Waals surface area contributed by atoms with E-state index in [1.165, 1.54) is 5.56 Å². The van der Waals surface area contributed by atoms with E-state index in [0.29, 0.717) is 13.2 Å². The normalized spacial score (nSPS) is 11.8. The molecule has 0 heterocycles. The van der Waals surface area contributed by atoms with Gasteiger partial charge in [-0.05, 0) is 31.5 Å². The summed E-state index contributed by atoms with van der Waals surface area (Å²) < 4.78 is 4.80. The van der Waals surface area contributed by atoms with Gasteiger partial charge in [-0.15, -0.1) is 0 Å². The minimum atomic E-state index is -0.752. The van der Waals surface area contributed by atoms with Crippen LogP contribution < -0.4 is 10.2 Å². The van der Waals surface area contributed by atoms with E-state index < -0.39 is 6.10 Å². The molecule has 0 aliphatic heterocycles. The average Bonchev–Trinajstić information content (AvgIpc) is 2.37. The minimum Gasteiger partial charge on any atom is -0.466 e. The van der Waals surface area contributed by atoms with Gasteiger partial charge in [-0.3, -0.25) is 4.79 Å². The molecule has 0 aromatic heterocycles. The second-order valence-corrected chi connectivity index (χ2v) is 4.94. The predicted octanol–water partition coefficient (Wildman–Crippen LogP) is 1.79. The second kappa shape index (κ2) is 7.75. The molecule has 0 amide bonds. The molecule has 1 unspecified atom stereocenters. The number of esters is 1. The van der Waals surface area contributed by atoms with Crippen molar-refractivity contribution in [1.29, 1.82) is 0 Å². The Morgan fingerprint density at radius 2 is 2.15 bits per heavy atom. The van der Waals surface area contributed by atoms with Crippen molar-refractivity contribution in [1.82, 2.24) is 0 Å². The zero-order valence-electron chi connectivity index (χ0n) is 12.6. The van der Waals surface area contributed by atoms with Crippen molar-refractivity contribution in [3.05, 3.63) is 23.8 Å². The van der Waals surface area contributed by atoms with Crippen molar-refractivity contribution < 1.29 is 14.6 Å². The lowest BCUT2D eigenvalue weighted by Crippen LogP contribution is -2.24. The van der Waals surface area contributed by atoms with Crippen LogP contribution >= 0.6 is 0 Å². The van der Waals surface area contributed by atoms with Crippen LogP contribution in [0.15, 0.2) is 18.2 Å². The van der Waals surface area contributed by atoms with Crippen molar-refractivity contribution in [3.63, 3.8) is 0 Å². The molecule has 1 aromatic rings. The Kier molecular flexibility index (Phi) is 6.31. The topological polar surface area (TPSA) is 61.8 Å². The molecule has 0 aliphatic carbocycles. The molecule has 0 spiro atoms. The number of nitrogens with one attached hydrogen (secondary N) is 1.